The van der Waals surface area contributed by atoms with Gasteiger partial charge in [0, 0.05) is 6.42 Å². The van der Waals surface area contributed by atoms with Crippen LogP contribution < -0.4 is 0 Å². The maximum Gasteiger partial charge on any atom is 0.155 e. The van der Waals surface area contributed by atoms with E-state index in [1.54, 1.807) is 0 Å². The van der Waals surface area contributed by atoms with Gasteiger partial charge in [-0.15, -0.1) is 0 Å². The van der Waals surface area contributed by atoms with Gasteiger partial charge in [0.25, 0.3) is 0 Å². The van der Waals surface area contributed by atoms with Crippen molar-refractivity contribution in [2.45, 2.75) is 38.7 Å². The average molecular weight is 162 g/mol. The third-order valence-electron chi connectivity index (χ3n) is 2.27. The van der Waals surface area contributed by atoms with Crippen LogP contribution in [0.3, 0.4) is 0 Å². The van der Waals surface area contributed by atoms with Crippen molar-refractivity contribution in [2.75, 3.05) is 6.61 Å². The van der Waals surface area contributed by atoms with Gasteiger partial charge in [-0.2, -0.15) is 0 Å². The molecule has 3 heteroatoms. The molecule has 1 aliphatic rings. The van der Waals surface area contributed by atoms with Gasteiger partial charge in [0.05, 0.1) is 12.2 Å². The summed E-state index contributed by atoms with van der Waals surface area (Å²) in [7, 11) is 0.267. The van der Waals surface area contributed by atoms with Gasteiger partial charge >= 0.3 is 0 Å². The Labute approximate surface area is 64.2 Å². The van der Waals surface area contributed by atoms with Gasteiger partial charge in [-0.25, -0.2) is 0 Å². The zero-order valence-electron chi connectivity index (χ0n) is 6.64. The smallest absolute Gasteiger partial charge is 0.155 e. The molecule has 0 aromatic rings. The van der Waals surface area contributed by atoms with Crippen molar-refractivity contribution in [1.82, 2.24) is 0 Å². The van der Waals surface area contributed by atoms with Crippen molar-refractivity contribution in [3.8, 4) is 0 Å². The Balaban J connectivity index is 2.44. The third kappa shape index (κ3) is 1.69. The molecule has 1 atom stereocenters. The molecule has 1 fully saturated rings. The molecule has 60 valence electrons. The molecule has 1 rings (SSSR count). The van der Waals surface area contributed by atoms with Crippen LogP contribution in [0.15, 0.2) is 0 Å². The quantitative estimate of drug-likeness (QED) is 0.581. The van der Waals surface area contributed by atoms with Crippen molar-refractivity contribution in [2.24, 2.45) is 0 Å². The zero-order chi connectivity index (χ0) is 7.45. The van der Waals surface area contributed by atoms with Crippen LogP contribution in [-0.2, 0) is 9.05 Å². The number of hydrogen-bond donors (Lipinski definition) is 0. The summed E-state index contributed by atoms with van der Waals surface area (Å²) < 4.78 is 10.7. The largest absolute Gasteiger partial charge is 0.336 e. The minimum Gasteiger partial charge on any atom is -0.336 e. The standard InChI is InChI=1S/C7H15O2P/c1-3-7(4-2)5-6-8-10-9-7/h10H,3-6H2,1-2H3. The molecule has 0 aliphatic carbocycles. The maximum absolute atomic E-state index is 5.57. The molecule has 0 N–H and O–H groups in total. The van der Waals surface area contributed by atoms with E-state index in [2.05, 4.69) is 13.8 Å². The van der Waals surface area contributed by atoms with E-state index in [1.807, 2.05) is 0 Å². The lowest BCUT2D eigenvalue weighted by molar-refractivity contribution is 0.0109. The van der Waals surface area contributed by atoms with Crippen LogP contribution in [0.25, 0.3) is 0 Å². The highest BCUT2D eigenvalue weighted by molar-refractivity contribution is 7.26. The van der Waals surface area contributed by atoms with E-state index < -0.39 is 0 Å². The molecule has 0 amide bonds. The summed E-state index contributed by atoms with van der Waals surface area (Å²) in [5, 5.41) is 0. The summed E-state index contributed by atoms with van der Waals surface area (Å²) in [6, 6.07) is 0. The minimum atomic E-state index is 0.149. The average Bonchev–Trinajstić information content (AvgIpc) is 2.06. The van der Waals surface area contributed by atoms with Crippen LogP contribution in [0.4, 0.5) is 0 Å². The maximum atomic E-state index is 5.57. The first kappa shape index (κ1) is 8.45. The fourth-order valence-electron chi connectivity index (χ4n) is 1.20. The molecule has 0 aromatic heterocycles. The molecule has 0 radical (unpaired) electrons. The van der Waals surface area contributed by atoms with Gasteiger partial charge < -0.3 is 9.05 Å². The van der Waals surface area contributed by atoms with Gasteiger partial charge in [0.2, 0.25) is 0 Å². The lowest BCUT2D eigenvalue weighted by Crippen LogP contribution is -2.32. The van der Waals surface area contributed by atoms with Crippen molar-refractivity contribution >= 4 is 9.03 Å². The topological polar surface area (TPSA) is 18.5 Å². The highest BCUT2D eigenvalue weighted by atomic mass is 31.1. The van der Waals surface area contributed by atoms with Gasteiger partial charge in [-0.3, -0.25) is 0 Å². The van der Waals surface area contributed by atoms with Gasteiger partial charge in [-0.1, -0.05) is 13.8 Å². The number of rotatable bonds is 2. The predicted molar refractivity (Wildman–Crippen MR) is 43.3 cm³/mol. The van der Waals surface area contributed by atoms with Crippen LogP contribution in [-0.4, -0.2) is 12.2 Å². The molecule has 0 aromatic carbocycles. The summed E-state index contributed by atoms with van der Waals surface area (Å²) in [4.78, 5) is 0. The Morgan fingerprint density at radius 1 is 1.40 bits per heavy atom. The number of hydrogen-bond acceptors (Lipinski definition) is 2. The van der Waals surface area contributed by atoms with E-state index in [1.165, 1.54) is 0 Å². The minimum absolute atomic E-state index is 0.149. The first-order valence-corrected chi connectivity index (χ1v) is 4.69. The fourth-order valence-corrected chi connectivity index (χ4v) is 2.01. The van der Waals surface area contributed by atoms with Gasteiger partial charge in [0.15, 0.2) is 9.03 Å². The highest BCUT2D eigenvalue weighted by Crippen LogP contribution is 2.37. The Morgan fingerprint density at radius 2 is 2.10 bits per heavy atom. The Bertz CT molecular complexity index is 93.8. The van der Waals surface area contributed by atoms with Crippen LogP contribution in [0.2, 0.25) is 0 Å². The molecule has 0 saturated carbocycles. The van der Waals surface area contributed by atoms with E-state index in [9.17, 15) is 0 Å². The van der Waals surface area contributed by atoms with E-state index in [0.717, 1.165) is 25.9 Å². The summed E-state index contributed by atoms with van der Waals surface area (Å²) in [6.07, 6.45) is 3.28. The second-order valence-electron chi connectivity index (χ2n) is 2.67. The molecule has 1 aliphatic heterocycles. The van der Waals surface area contributed by atoms with Crippen LogP contribution in [0.5, 0.6) is 0 Å². The lowest BCUT2D eigenvalue weighted by atomic mass is 9.94. The van der Waals surface area contributed by atoms with Crippen molar-refractivity contribution < 1.29 is 9.05 Å². The molecule has 1 unspecified atom stereocenters. The molecule has 1 heterocycles. The van der Waals surface area contributed by atoms with Gasteiger partial charge in [-0.05, 0) is 12.8 Å². The first-order chi connectivity index (χ1) is 4.83. The van der Waals surface area contributed by atoms with Crippen molar-refractivity contribution in [3.63, 3.8) is 0 Å². The van der Waals surface area contributed by atoms with E-state index in [4.69, 9.17) is 9.05 Å². The molecular formula is C7H15O2P. The van der Waals surface area contributed by atoms with Crippen LogP contribution in [0, 0.1) is 0 Å². The van der Waals surface area contributed by atoms with E-state index in [0.29, 0.717) is 0 Å². The zero-order valence-corrected chi connectivity index (χ0v) is 7.64. The molecule has 1 saturated heterocycles. The van der Waals surface area contributed by atoms with Crippen LogP contribution >= 0.6 is 9.03 Å². The van der Waals surface area contributed by atoms with Crippen molar-refractivity contribution in [1.29, 1.82) is 0 Å². The van der Waals surface area contributed by atoms with Crippen molar-refractivity contribution in [3.05, 3.63) is 0 Å². The molecule has 2 nitrogen and oxygen atoms in total. The molecular weight excluding hydrogens is 147 g/mol. The fraction of sp³-hybridized carbons (Fsp3) is 1.00. The highest BCUT2D eigenvalue weighted by Gasteiger charge is 2.29. The van der Waals surface area contributed by atoms with Gasteiger partial charge in [0.1, 0.15) is 0 Å². The third-order valence-corrected chi connectivity index (χ3v) is 3.10. The summed E-state index contributed by atoms with van der Waals surface area (Å²) in [5.41, 5.74) is 0.149. The Morgan fingerprint density at radius 3 is 2.40 bits per heavy atom. The van der Waals surface area contributed by atoms with Crippen LogP contribution in [0.1, 0.15) is 33.1 Å². The second kappa shape index (κ2) is 3.66. The monoisotopic (exact) mass is 162 g/mol. The molecule has 10 heavy (non-hydrogen) atoms. The predicted octanol–water partition coefficient (Wildman–Crippen LogP) is 2.49. The SMILES string of the molecule is CCC1(CC)CCOPO1. The normalized spacial score (nSPS) is 27.0. The second-order valence-corrected chi connectivity index (χ2v) is 3.33. The first-order valence-electron chi connectivity index (χ1n) is 3.88. The summed E-state index contributed by atoms with van der Waals surface area (Å²) in [5.74, 6) is 0. The summed E-state index contributed by atoms with van der Waals surface area (Å²) in [6.45, 7) is 5.23. The lowest BCUT2D eigenvalue weighted by Gasteiger charge is -2.34. The van der Waals surface area contributed by atoms with E-state index >= 15 is 0 Å². The van der Waals surface area contributed by atoms with E-state index in [-0.39, 0.29) is 14.6 Å². The summed E-state index contributed by atoms with van der Waals surface area (Å²) >= 11 is 0. The Kier molecular flexibility index (Phi) is 3.09. The molecule has 0 bridgehead atoms. The molecule has 0 spiro atoms. The Hall–Kier alpha value is 0.350.